The van der Waals surface area contributed by atoms with E-state index >= 15 is 0 Å². The van der Waals surface area contributed by atoms with Gasteiger partial charge in [-0.3, -0.25) is 0 Å². The van der Waals surface area contributed by atoms with Crippen molar-refractivity contribution in [3.63, 3.8) is 0 Å². The molecule has 0 bridgehead atoms. The third kappa shape index (κ3) is 6.35. The normalized spacial score (nSPS) is 10.1. The van der Waals surface area contributed by atoms with Crippen LogP contribution in [0, 0.1) is 6.92 Å². The van der Waals surface area contributed by atoms with Crippen LogP contribution in [0.15, 0.2) is 71.7 Å². The molecule has 0 amide bonds. The van der Waals surface area contributed by atoms with Gasteiger partial charge in [-0.25, -0.2) is 9.97 Å². The molecule has 0 unspecified atom stereocenters. The van der Waals surface area contributed by atoms with E-state index in [1.807, 2.05) is 61.5 Å². The summed E-state index contributed by atoms with van der Waals surface area (Å²) in [7, 11) is 0.638. The lowest BCUT2D eigenvalue weighted by atomic mass is 10.1. The van der Waals surface area contributed by atoms with Crippen LogP contribution in [0.2, 0.25) is 0 Å². The van der Waals surface area contributed by atoms with Crippen molar-refractivity contribution in [2.24, 2.45) is 0 Å². The zero-order valence-electron chi connectivity index (χ0n) is 14.2. The minimum atomic E-state index is 0.408. The topological polar surface area (TPSA) is 81.3 Å². The van der Waals surface area contributed by atoms with E-state index in [1.54, 1.807) is 12.3 Å². The number of benzene rings is 2. The second-order valence-corrected chi connectivity index (χ2v) is 6.00. The predicted molar refractivity (Wildman–Crippen MR) is 109 cm³/mol. The van der Waals surface area contributed by atoms with E-state index in [1.165, 1.54) is 11.8 Å². The van der Waals surface area contributed by atoms with Crippen molar-refractivity contribution in [3.05, 3.63) is 82.8 Å². The fourth-order valence-corrected chi connectivity index (χ4v) is 2.25. The van der Waals surface area contributed by atoms with E-state index in [0.717, 1.165) is 16.8 Å². The molecule has 0 spiro atoms. The first-order valence-corrected chi connectivity index (χ1v) is 8.57. The van der Waals surface area contributed by atoms with Gasteiger partial charge in [0.1, 0.15) is 4.60 Å². The Morgan fingerprint density at radius 3 is 2.42 bits per heavy atom. The molecule has 5 nitrogen and oxygen atoms in total. The number of halogens is 1. The summed E-state index contributed by atoms with van der Waals surface area (Å²) in [6.45, 7) is 2.05. The Labute approximate surface area is 162 Å². The van der Waals surface area contributed by atoms with E-state index in [9.17, 15) is 0 Å². The first-order valence-electron chi connectivity index (χ1n) is 7.78. The molecule has 0 aliphatic rings. The third-order valence-corrected chi connectivity index (χ3v) is 3.89. The van der Waals surface area contributed by atoms with Gasteiger partial charge in [-0.2, -0.15) is 0 Å². The van der Waals surface area contributed by atoms with Gasteiger partial charge in [0, 0.05) is 5.56 Å². The van der Waals surface area contributed by atoms with E-state index in [0.29, 0.717) is 18.1 Å². The molecule has 2 aromatic carbocycles. The zero-order chi connectivity index (χ0) is 18.8. The van der Waals surface area contributed by atoms with Crippen molar-refractivity contribution in [1.29, 1.82) is 0 Å². The summed E-state index contributed by atoms with van der Waals surface area (Å²) in [4.78, 5) is 8.35. The standard InChI is InChI=1S/C11H10BrN3.C8H8BO2/c1-7-2-4-8(5-3-7)9-6-14-11(13)10(12)15-9;10-9-11-7-6-8-4-2-1-3-5-8/h2-6H,1H3,(H2,13,14);1-7,10H/b;7-6+. The van der Waals surface area contributed by atoms with Crippen LogP contribution in [0.5, 0.6) is 0 Å². The third-order valence-electron chi connectivity index (χ3n) is 3.30. The summed E-state index contributed by atoms with van der Waals surface area (Å²) in [5.41, 5.74) is 9.68. The molecule has 0 saturated heterocycles. The van der Waals surface area contributed by atoms with E-state index < -0.39 is 0 Å². The molecule has 0 aliphatic carbocycles. The number of hydrogen-bond donors (Lipinski definition) is 2. The van der Waals surface area contributed by atoms with Crippen LogP contribution in [0.4, 0.5) is 5.82 Å². The van der Waals surface area contributed by atoms with Crippen molar-refractivity contribution in [2.75, 3.05) is 5.73 Å². The quantitative estimate of drug-likeness (QED) is 0.501. The largest absolute Gasteiger partial charge is 0.569 e. The minimum Gasteiger partial charge on any atom is -0.543 e. The van der Waals surface area contributed by atoms with Gasteiger partial charge in [0.15, 0.2) is 5.82 Å². The predicted octanol–water partition coefficient (Wildman–Crippen LogP) is 4.00. The number of nitrogen functional groups attached to an aromatic ring is 1. The molecule has 1 radical (unpaired) electrons. The van der Waals surface area contributed by atoms with Crippen molar-refractivity contribution >= 4 is 35.5 Å². The lowest BCUT2D eigenvalue weighted by molar-refractivity contribution is 0.408. The van der Waals surface area contributed by atoms with Crippen molar-refractivity contribution < 1.29 is 9.68 Å². The van der Waals surface area contributed by atoms with E-state index in [4.69, 9.17) is 10.8 Å². The smallest absolute Gasteiger partial charge is 0.543 e. The maximum Gasteiger partial charge on any atom is 0.569 e. The molecule has 0 saturated carbocycles. The van der Waals surface area contributed by atoms with Crippen LogP contribution in [0.3, 0.4) is 0 Å². The van der Waals surface area contributed by atoms with Gasteiger partial charge in [0.2, 0.25) is 0 Å². The maximum absolute atomic E-state index is 8.15. The summed E-state index contributed by atoms with van der Waals surface area (Å²) in [5.74, 6) is 0.408. The summed E-state index contributed by atoms with van der Waals surface area (Å²) in [6, 6.07) is 17.8. The molecule has 1 aromatic heterocycles. The van der Waals surface area contributed by atoms with E-state index in [-0.39, 0.29) is 0 Å². The summed E-state index contributed by atoms with van der Waals surface area (Å²) in [6.07, 6.45) is 4.84. The van der Waals surface area contributed by atoms with Gasteiger partial charge in [-0.1, -0.05) is 60.2 Å². The Morgan fingerprint density at radius 2 is 1.81 bits per heavy atom. The lowest BCUT2D eigenvalue weighted by Crippen LogP contribution is -1.95. The summed E-state index contributed by atoms with van der Waals surface area (Å²) < 4.78 is 5.07. The molecule has 3 N–H and O–H groups in total. The number of aromatic nitrogens is 2. The van der Waals surface area contributed by atoms with Gasteiger partial charge in [-0.05, 0) is 34.5 Å². The van der Waals surface area contributed by atoms with Crippen LogP contribution in [0.1, 0.15) is 11.1 Å². The van der Waals surface area contributed by atoms with Gasteiger partial charge in [-0.15, -0.1) is 0 Å². The fourth-order valence-electron chi connectivity index (χ4n) is 1.96. The van der Waals surface area contributed by atoms with Gasteiger partial charge >= 0.3 is 7.69 Å². The lowest BCUT2D eigenvalue weighted by Gasteiger charge is -2.02. The number of rotatable bonds is 4. The fraction of sp³-hybridized carbons (Fsp3) is 0.0526. The summed E-state index contributed by atoms with van der Waals surface area (Å²) >= 11 is 3.26. The van der Waals surface area contributed by atoms with Crippen LogP contribution in [-0.2, 0) is 4.65 Å². The van der Waals surface area contributed by atoms with Gasteiger partial charge < -0.3 is 15.4 Å². The molecular weight excluding hydrogens is 393 g/mol. The molecule has 0 fully saturated rings. The molecular formula is C19H18BBrN3O2. The first kappa shape index (κ1) is 19.7. The number of hydrogen-bond acceptors (Lipinski definition) is 5. The van der Waals surface area contributed by atoms with Gasteiger partial charge in [0.05, 0.1) is 18.2 Å². The van der Waals surface area contributed by atoms with Gasteiger partial charge in [0.25, 0.3) is 0 Å². The van der Waals surface area contributed by atoms with Crippen LogP contribution >= 0.6 is 15.9 Å². The Bertz CT molecular complexity index is 843. The number of nitrogens with two attached hydrogens (primary N) is 1. The average molecular weight is 411 g/mol. The Balaban J connectivity index is 0.000000197. The highest BCUT2D eigenvalue weighted by Gasteiger charge is 2.03. The molecule has 26 heavy (non-hydrogen) atoms. The molecule has 3 rings (SSSR count). The number of aryl methyl sites for hydroxylation is 1. The maximum atomic E-state index is 8.15. The molecule has 3 aromatic rings. The number of nitrogens with zero attached hydrogens (tertiary/aromatic N) is 2. The Kier molecular flexibility index (Phi) is 7.86. The SMILES string of the molecule is Cc1ccc(-c2cnc(N)c(Br)n2)cc1.O[B]O/C=C/c1ccccc1. The average Bonchev–Trinajstić information content (AvgIpc) is 2.66. The second kappa shape index (κ2) is 10.4. The molecule has 0 atom stereocenters. The minimum absolute atomic E-state index is 0.408. The Morgan fingerprint density at radius 1 is 1.12 bits per heavy atom. The van der Waals surface area contributed by atoms with Crippen LogP contribution in [-0.4, -0.2) is 22.7 Å². The molecule has 131 valence electrons. The number of anilines is 1. The highest BCUT2D eigenvalue weighted by molar-refractivity contribution is 9.10. The molecule has 0 aliphatic heterocycles. The highest BCUT2D eigenvalue weighted by Crippen LogP contribution is 2.21. The van der Waals surface area contributed by atoms with E-state index in [2.05, 4.69) is 30.6 Å². The molecule has 7 heteroatoms. The summed E-state index contributed by atoms with van der Waals surface area (Å²) in [5, 5.41) is 8.15. The van der Waals surface area contributed by atoms with Crippen molar-refractivity contribution in [1.82, 2.24) is 9.97 Å². The van der Waals surface area contributed by atoms with Crippen LogP contribution in [0.25, 0.3) is 17.3 Å². The molecule has 1 heterocycles. The second-order valence-electron chi connectivity index (χ2n) is 5.25. The first-order chi connectivity index (χ1) is 12.6. The van der Waals surface area contributed by atoms with Crippen molar-refractivity contribution in [3.8, 4) is 11.3 Å². The highest BCUT2D eigenvalue weighted by atomic mass is 79.9. The van der Waals surface area contributed by atoms with Crippen molar-refractivity contribution in [2.45, 2.75) is 6.92 Å². The zero-order valence-corrected chi connectivity index (χ0v) is 15.8. The Hall–Kier alpha value is -2.64. The van der Waals surface area contributed by atoms with Crippen LogP contribution < -0.4 is 5.73 Å². The monoisotopic (exact) mass is 410 g/mol.